The molecule has 0 aliphatic carbocycles. The highest BCUT2D eigenvalue weighted by Gasteiger charge is 2.30. The summed E-state index contributed by atoms with van der Waals surface area (Å²) in [5, 5.41) is 10.6. The number of phosphoric ester groups is 2. The van der Waals surface area contributed by atoms with Crippen molar-refractivity contribution in [2.24, 2.45) is 11.8 Å². The van der Waals surface area contributed by atoms with E-state index in [-0.39, 0.29) is 25.7 Å². The standard InChI is InChI=1S/C74H144O17P2/c1-7-9-11-13-14-15-16-17-18-19-20-23-30-35-40-46-52-59-74(79)91-70(63-85-72(77)57-51-45-39-34-29-24-21-22-27-32-37-43-48-54-66(3)4)65-89-93(82,83)87-61-68(75)60-86-92(80,81)88-64-69(62-84-71(76)56-50-42-12-10-8-2)90-73(78)58-53-47-41-36-31-26-25-28-33-38-44-49-55-67(5)6/h66-70,75H,7-65H2,1-6H3,(H,80,81)(H,82,83)/t68-,69+,70+/m0/s1. The second-order valence-corrected chi connectivity index (χ2v) is 30.5. The van der Waals surface area contributed by atoms with E-state index in [0.717, 1.165) is 108 Å². The lowest BCUT2D eigenvalue weighted by atomic mass is 10.0. The quantitative estimate of drug-likeness (QED) is 0.0222. The van der Waals surface area contributed by atoms with Crippen molar-refractivity contribution in [3.8, 4) is 0 Å². The lowest BCUT2D eigenvalue weighted by Crippen LogP contribution is -2.30. The lowest BCUT2D eigenvalue weighted by Gasteiger charge is -2.21. The molecule has 552 valence electrons. The molecule has 0 rings (SSSR count). The summed E-state index contributed by atoms with van der Waals surface area (Å²) in [5.41, 5.74) is 0. The summed E-state index contributed by atoms with van der Waals surface area (Å²) < 4.78 is 68.3. The highest BCUT2D eigenvalue weighted by atomic mass is 31.2. The van der Waals surface area contributed by atoms with E-state index in [1.165, 1.54) is 193 Å². The van der Waals surface area contributed by atoms with Crippen LogP contribution in [0.15, 0.2) is 0 Å². The molecule has 93 heavy (non-hydrogen) atoms. The van der Waals surface area contributed by atoms with Gasteiger partial charge in [0, 0.05) is 25.7 Å². The van der Waals surface area contributed by atoms with E-state index in [1.54, 1.807) is 0 Å². The Morgan fingerprint density at radius 2 is 0.495 bits per heavy atom. The van der Waals surface area contributed by atoms with Crippen molar-refractivity contribution >= 4 is 39.5 Å². The van der Waals surface area contributed by atoms with E-state index in [0.29, 0.717) is 25.7 Å². The van der Waals surface area contributed by atoms with Crippen LogP contribution < -0.4 is 0 Å². The van der Waals surface area contributed by atoms with E-state index >= 15 is 0 Å². The predicted molar refractivity (Wildman–Crippen MR) is 377 cm³/mol. The minimum Gasteiger partial charge on any atom is -0.462 e. The Hall–Kier alpha value is -1.94. The van der Waals surface area contributed by atoms with Gasteiger partial charge in [0.25, 0.3) is 0 Å². The van der Waals surface area contributed by atoms with E-state index in [4.69, 9.17) is 37.0 Å². The fourth-order valence-electron chi connectivity index (χ4n) is 11.3. The van der Waals surface area contributed by atoms with E-state index in [9.17, 15) is 43.2 Å². The third kappa shape index (κ3) is 68.4. The zero-order valence-electron chi connectivity index (χ0n) is 60.6. The van der Waals surface area contributed by atoms with Crippen molar-refractivity contribution in [2.75, 3.05) is 39.6 Å². The van der Waals surface area contributed by atoms with Crippen LogP contribution in [-0.4, -0.2) is 96.7 Å². The number of hydrogen-bond acceptors (Lipinski definition) is 15. The maximum atomic E-state index is 13.1. The van der Waals surface area contributed by atoms with Crippen molar-refractivity contribution in [3.05, 3.63) is 0 Å². The zero-order valence-corrected chi connectivity index (χ0v) is 62.3. The van der Waals surface area contributed by atoms with E-state index < -0.39 is 97.5 Å². The predicted octanol–water partition coefficient (Wildman–Crippen LogP) is 21.6. The van der Waals surface area contributed by atoms with Gasteiger partial charge < -0.3 is 33.8 Å². The van der Waals surface area contributed by atoms with Gasteiger partial charge in [0.2, 0.25) is 0 Å². The summed E-state index contributed by atoms with van der Waals surface area (Å²) in [7, 11) is -9.90. The van der Waals surface area contributed by atoms with Crippen LogP contribution in [0.2, 0.25) is 0 Å². The topological polar surface area (TPSA) is 237 Å². The normalized spacial score (nSPS) is 14.1. The number of aliphatic hydroxyl groups excluding tert-OH is 1. The average Bonchev–Trinajstić information content (AvgIpc) is 3.05. The summed E-state index contributed by atoms with van der Waals surface area (Å²) in [6.07, 6.45) is 53.1. The maximum absolute atomic E-state index is 13.1. The fraction of sp³-hybridized carbons (Fsp3) is 0.946. The second kappa shape index (κ2) is 66.0. The smallest absolute Gasteiger partial charge is 0.462 e. The van der Waals surface area contributed by atoms with Gasteiger partial charge in [-0.3, -0.25) is 37.3 Å². The maximum Gasteiger partial charge on any atom is 0.472 e. The monoisotopic (exact) mass is 1370 g/mol. The van der Waals surface area contributed by atoms with Crippen molar-refractivity contribution in [3.63, 3.8) is 0 Å². The summed E-state index contributed by atoms with van der Waals surface area (Å²) in [6.45, 7) is 9.53. The minimum absolute atomic E-state index is 0.106. The molecule has 3 N–H and O–H groups in total. The van der Waals surface area contributed by atoms with Crippen LogP contribution in [-0.2, 0) is 65.4 Å². The van der Waals surface area contributed by atoms with Gasteiger partial charge in [0.1, 0.15) is 19.3 Å². The molecule has 5 atom stereocenters. The molecule has 2 unspecified atom stereocenters. The van der Waals surface area contributed by atoms with Crippen LogP contribution >= 0.6 is 15.6 Å². The molecular weight excluding hydrogens is 1220 g/mol. The molecule has 0 saturated carbocycles. The number of rotatable bonds is 73. The number of carbonyl (C=O) groups is 4. The largest absolute Gasteiger partial charge is 0.472 e. The van der Waals surface area contributed by atoms with Gasteiger partial charge in [0.15, 0.2) is 12.2 Å². The molecule has 0 radical (unpaired) electrons. The summed E-state index contributed by atoms with van der Waals surface area (Å²) in [4.78, 5) is 72.5. The highest BCUT2D eigenvalue weighted by molar-refractivity contribution is 7.47. The first-order chi connectivity index (χ1) is 44.9. The number of carbonyl (C=O) groups excluding carboxylic acids is 4. The molecular formula is C74H144O17P2. The molecule has 0 spiro atoms. The Balaban J connectivity index is 5.15. The third-order valence-electron chi connectivity index (χ3n) is 17.2. The van der Waals surface area contributed by atoms with Crippen molar-refractivity contribution in [1.82, 2.24) is 0 Å². The zero-order chi connectivity index (χ0) is 68.6. The van der Waals surface area contributed by atoms with Crippen LogP contribution in [0, 0.1) is 11.8 Å². The molecule has 0 aromatic carbocycles. The van der Waals surface area contributed by atoms with Gasteiger partial charge in [-0.2, -0.15) is 0 Å². The molecule has 0 saturated heterocycles. The number of esters is 4. The summed E-state index contributed by atoms with van der Waals surface area (Å²) >= 11 is 0. The van der Waals surface area contributed by atoms with Crippen molar-refractivity contribution in [1.29, 1.82) is 0 Å². The third-order valence-corrected chi connectivity index (χ3v) is 19.1. The molecule has 0 aromatic heterocycles. The first-order valence-corrected chi connectivity index (χ1v) is 41.5. The molecule has 19 heteroatoms. The highest BCUT2D eigenvalue weighted by Crippen LogP contribution is 2.45. The van der Waals surface area contributed by atoms with Crippen LogP contribution in [0.5, 0.6) is 0 Å². The van der Waals surface area contributed by atoms with E-state index in [2.05, 4.69) is 41.5 Å². The van der Waals surface area contributed by atoms with Crippen molar-refractivity contribution in [2.45, 2.75) is 400 Å². The first kappa shape index (κ1) is 91.1. The van der Waals surface area contributed by atoms with Crippen LogP contribution in [0.1, 0.15) is 382 Å². The number of ether oxygens (including phenoxy) is 4. The Morgan fingerprint density at radius 1 is 0.290 bits per heavy atom. The number of aliphatic hydroxyl groups is 1. The van der Waals surface area contributed by atoms with Gasteiger partial charge in [0.05, 0.1) is 26.4 Å². The Labute approximate surface area is 568 Å². The van der Waals surface area contributed by atoms with Gasteiger partial charge in [-0.05, 0) is 37.5 Å². The van der Waals surface area contributed by atoms with Gasteiger partial charge in [-0.25, -0.2) is 9.13 Å². The molecule has 0 amide bonds. The molecule has 0 aromatic rings. The molecule has 0 aliphatic heterocycles. The fourth-order valence-corrected chi connectivity index (χ4v) is 12.9. The van der Waals surface area contributed by atoms with Crippen LogP contribution in [0.3, 0.4) is 0 Å². The molecule has 0 heterocycles. The lowest BCUT2D eigenvalue weighted by molar-refractivity contribution is -0.161. The van der Waals surface area contributed by atoms with Gasteiger partial charge in [-0.15, -0.1) is 0 Å². The van der Waals surface area contributed by atoms with Crippen molar-refractivity contribution < 1.29 is 80.2 Å². The number of phosphoric acid groups is 2. The second-order valence-electron chi connectivity index (χ2n) is 27.6. The Morgan fingerprint density at radius 3 is 0.731 bits per heavy atom. The minimum atomic E-state index is -4.95. The van der Waals surface area contributed by atoms with E-state index in [1.807, 2.05) is 0 Å². The Bertz CT molecular complexity index is 1800. The van der Waals surface area contributed by atoms with Crippen LogP contribution in [0.4, 0.5) is 0 Å². The molecule has 17 nitrogen and oxygen atoms in total. The number of unbranched alkanes of at least 4 members (excludes halogenated alkanes) is 43. The summed E-state index contributed by atoms with van der Waals surface area (Å²) in [6, 6.07) is 0. The SMILES string of the molecule is CCCCCCCCCCCCCCCCCCCC(=O)O[C@H](COC(=O)CCCCCCCCCCCCCCCC(C)C)COP(=O)(O)OC[C@@H](O)COP(=O)(O)OC[C@@H](COC(=O)CCCCCCC)OC(=O)CCCCCCCCCCCCCCC(C)C. The number of hydrogen-bond donors (Lipinski definition) is 3. The van der Waals surface area contributed by atoms with Gasteiger partial charge >= 0.3 is 39.5 Å². The first-order valence-electron chi connectivity index (χ1n) is 38.5. The average molecular weight is 1370 g/mol. The van der Waals surface area contributed by atoms with Crippen LogP contribution in [0.25, 0.3) is 0 Å². The molecule has 0 aliphatic rings. The summed E-state index contributed by atoms with van der Waals surface area (Å²) in [5.74, 6) is -0.560. The Kier molecular flexibility index (Phi) is 64.6. The van der Waals surface area contributed by atoms with Gasteiger partial charge in [-0.1, -0.05) is 330 Å². The molecule has 0 fully saturated rings. The molecule has 0 bridgehead atoms.